The summed E-state index contributed by atoms with van der Waals surface area (Å²) in [5, 5.41) is 16.0. The zero-order chi connectivity index (χ0) is 24.6. The Morgan fingerprint density at radius 1 is 1.06 bits per heavy atom. The van der Waals surface area contributed by atoms with E-state index in [2.05, 4.69) is 10.6 Å². The maximum absolute atomic E-state index is 13.2. The zero-order valence-corrected chi connectivity index (χ0v) is 19.6. The molecule has 2 aliphatic rings. The molecule has 2 fully saturated rings. The number of aliphatic hydroxyl groups is 1. The van der Waals surface area contributed by atoms with Crippen LogP contribution < -0.4 is 10.6 Å². The molecular weight excluding hydrogens is 453 g/mol. The SMILES string of the molecule is O=C(C[C@H]1CC[C@H]2[C@@H](COC[C@@H](O)CN2C(=O)Nc2ccc(F)cc2)O1)NCCc1ccccc1. The molecule has 4 atom stereocenters. The largest absolute Gasteiger partial charge is 0.389 e. The number of urea groups is 1. The second kappa shape index (κ2) is 12.1. The van der Waals surface area contributed by atoms with Gasteiger partial charge in [-0.1, -0.05) is 30.3 Å². The summed E-state index contributed by atoms with van der Waals surface area (Å²) in [7, 11) is 0. The molecule has 4 rings (SSSR count). The molecule has 0 saturated carbocycles. The molecule has 2 heterocycles. The lowest BCUT2D eigenvalue weighted by Crippen LogP contribution is -2.58. The Labute approximate surface area is 204 Å². The molecule has 0 aromatic heterocycles. The van der Waals surface area contributed by atoms with Gasteiger partial charge < -0.3 is 30.1 Å². The quantitative estimate of drug-likeness (QED) is 0.584. The van der Waals surface area contributed by atoms with Gasteiger partial charge in [-0.05, 0) is 49.1 Å². The fourth-order valence-electron chi connectivity index (χ4n) is 4.57. The van der Waals surface area contributed by atoms with E-state index in [9.17, 15) is 19.1 Å². The van der Waals surface area contributed by atoms with Crippen molar-refractivity contribution in [2.24, 2.45) is 0 Å². The standard InChI is InChI=1S/C26H32FN3O5/c27-19-6-8-20(9-7-19)29-26(33)30-15-21(31)16-34-17-24-23(30)11-10-22(35-24)14-25(32)28-13-12-18-4-2-1-3-5-18/h1-9,21-24,31H,10-17H2,(H,28,32)(H,29,33)/t21-,22+,23-,24+/m0/s1. The van der Waals surface area contributed by atoms with Crippen molar-refractivity contribution in [1.82, 2.24) is 10.2 Å². The van der Waals surface area contributed by atoms with Crippen LogP contribution in [0.1, 0.15) is 24.8 Å². The number of nitrogens with one attached hydrogen (secondary N) is 2. The van der Waals surface area contributed by atoms with Crippen LogP contribution in [0, 0.1) is 5.82 Å². The van der Waals surface area contributed by atoms with E-state index in [1.54, 1.807) is 4.90 Å². The van der Waals surface area contributed by atoms with Crippen molar-refractivity contribution in [2.45, 2.75) is 50.0 Å². The fourth-order valence-corrected chi connectivity index (χ4v) is 4.57. The number of rotatable bonds is 6. The summed E-state index contributed by atoms with van der Waals surface area (Å²) in [4.78, 5) is 27.1. The van der Waals surface area contributed by atoms with Crippen molar-refractivity contribution in [3.63, 3.8) is 0 Å². The number of carbonyl (C=O) groups is 2. The molecule has 0 unspecified atom stereocenters. The number of amides is 3. The number of anilines is 1. The molecule has 0 spiro atoms. The summed E-state index contributed by atoms with van der Waals surface area (Å²) in [6.07, 6.45) is 0.686. The third-order valence-corrected chi connectivity index (χ3v) is 6.33. The van der Waals surface area contributed by atoms with Crippen LogP contribution in [-0.2, 0) is 20.7 Å². The molecule has 3 N–H and O–H groups in total. The van der Waals surface area contributed by atoms with Crippen LogP contribution in [0.3, 0.4) is 0 Å². The van der Waals surface area contributed by atoms with E-state index in [0.29, 0.717) is 25.1 Å². The van der Waals surface area contributed by atoms with E-state index >= 15 is 0 Å². The monoisotopic (exact) mass is 485 g/mol. The van der Waals surface area contributed by atoms with Crippen LogP contribution in [-0.4, -0.2) is 72.6 Å². The Morgan fingerprint density at radius 3 is 2.60 bits per heavy atom. The van der Waals surface area contributed by atoms with Gasteiger partial charge in [-0.15, -0.1) is 0 Å². The van der Waals surface area contributed by atoms with Crippen molar-refractivity contribution < 1.29 is 28.6 Å². The van der Waals surface area contributed by atoms with Gasteiger partial charge in [0.25, 0.3) is 0 Å². The highest BCUT2D eigenvalue weighted by molar-refractivity contribution is 5.89. The summed E-state index contributed by atoms with van der Waals surface area (Å²) in [6, 6.07) is 14.8. The van der Waals surface area contributed by atoms with E-state index < -0.39 is 24.1 Å². The van der Waals surface area contributed by atoms with Crippen LogP contribution >= 0.6 is 0 Å². The van der Waals surface area contributed by atoms with Crippen LogP contribution in [0.4, 0.5) is 14.9 Å². The van der Waals surface area contributed by atoms with Gasteiger partial charge >= 0.3 is 6.03 Å². The predicted molar refractivity (Wildman–Crippen MR) is 128 cm³/mol. The minimum Gasteiger partial charge on any atom is -0.389 e. The summed E-state index contributed by atoms with van der Waals surface area (Å²) in [6.45, 7) is 0.938. The molecule has 2 saturated heterocycles. The number of hydrogen-bond donors (Lipinski definition) is 3. The highest BCUT2D eigenvalue weighted by Gasteiger charge is 2.40. The maximum atomic E-state index is 13.2. The van der Waals surface area contributed by atoms with Crippen LogP contribution in [0.2, 0.25) is 0 Å². The molecular formula is C26H32FN3O5. The van der Waals surface area contributed by atoms with Crippen LogP contribution in [0.5, 0.6) is 0 Å². The minimum atomic E-state index is -0.831. The van der Waals surface area contributed by atoms with Crippen molar-refractivity contribution >= 4 is 17.6 Å². The second-order valence-electron chi connectivity index (χ2n) is 9.01. The number of ether oxygens (including phenoxy) is 2. The molecule has 188 valence electrons. The number of benzene rings is 2. The molecule has 2 aromatic rings. The number of halogens is 1. The van der Waals surface area contributed by atoms with Gasteiger partial charge in [0.05, 0.1) is 44.4 Å². The Balaban J connectivity index is 1.32. The van der Waals surface area contributed by atoms with E-state index in [4.69, 9.17) is 9.47 Å². The van der Waals surface area contributed by atoms with Gasteiger partial charge in [-0.25, -0.2) is 9.18 Å². The van der Waals surface area contributed by atoms with Gasteiger partial charge in [-0.3, -0.25) is 4.79 Å². The van der Waals surface area contributed by atoms with Gasteiger partial charge in [-0.2, -0.15) is 0 Å². The Kier molecular flexibility index (Phi) is 8.68. The minimum absolute atomic E-state index is 0.0718. The highest BCUT2D eigenvalue weighted by Crippen LogP contribution is 2.28. The van der Waals surface area contributed by atoms with Crippen molar-refractivity contribution in [2.75, 3.05) is 31.6 Å². The smallest absolute Gasteiger partial charge is 0.322 e. The molecule has 35 heavy (non-hydrogen) atoms. The molecule has 0 aliphatic carbocycles. The molecule has 2 aliphatic heterocycles. The Bertz CT molecular complexity index is 975. The lowest BCUT2D eigenvalue weighted by atomic mass is 9.95. The Hall–Kier alpha value is -3.01. The average molecular weight is 486 g/mol. The number of fused-ring (bicyclic) bond motifs is 1. The fraction of sp³-hybridized carbons (Fsp3) is 0.462. The maximum Gasteiger partial charge on any atom is 0.322 e. The summed E-state index contributed by atoms with van der Waals surface area (Å²) in [5.74, 6) is -0.463. The molecule has 0 bridgehead atoms. The highest BCUT2D eigenvalue weighted by atomic mass is 19.1. The third-order valence-electron chi connectivity index (χ3n) is 6.33. The first kappa shape index (κ1) is 25.1. The summed E-state index contributed by atoms with van der Waals surface area (Å²) < 4.78 is 25.0. The summed E-state index contributed by atoms with van der Waals surface area (Å²) >= 11 is 0. The number of hydrogen-bond acceptors (Lipinski definition) is 5. The Morgan fingerprint density at radius 2 is 1.83 bits per heavy atom. The third kappa shape index (κ3) is 7.24. The normalized spacial score (nSPS) is 24.6. The second-order valence-corrected chi connectivity index (χ2v) is 9.01. The molecule has 0 radical (unpaired) electrons. The van der Waals surface area contributed by atoms with E-state index in [1.165, 1.54) is 24.3 Å². The molecule has 3 amide bonds. The van der Waals surface area contributed by atoms with Gasteiger partial charge in [0.2, 0.25) is 5.91 Å². The molecule has 8 nitrogen and oxygen atoms in total. The number of nitrogens with zero attached hydrogens (tertiary/aromatic N) is 1. The van der Waals surface area contributed by atoms with Gasteiger partial charge in [0.1, 0.15) is 11.9 Å². The van der Waals surface area contributed by atoms with Crippen molar-refractivity contribution in [3.8, 4) is 0 Å². The number of aliphatic hydroxyl groups excluding tert-OH is 1. The lowest BCUT2D eigenvalue weighted by Gasteiger charge is -2.44. The number of β-amino-alcohol motifs (C(OH)–C–C–N with tert-alkyl or cyclic N) is 1. The van der Waals surface area contributed by atoms with E-state index in [-0.39, 0.29) is 44.2 Å². The lowest BCUT2D eigenvalue weighted by molar-refractivity contribution is -0.149. The zero-order valence-electron chi connectivity index (χ0n) is 19.6. The first-order valence-corrected chi connectivity index (χ1v) is 12.0. The topological polar surface area (TPSA) is 100 Å². The van der Waals surface area contributed by atoms with Gasteiger partial charge in [0, 0.05) is 12.2 Å². The van der Waals surface area contributed by atoms with Gasteiger partial charge in [0.15, 0.2) is 0 Å². The van der Waals surface area contributed by atoms with Crippen molar-refractivity contribution in [3.05, 3.63) is 66.0 Å². The van der Waals surface area contributed by atoms with Crippen LogP contribution in [0.25, 0.3) is 0 Å². The van der Waals surface area contributed by atoms with Crippen molar-refractivity contribution in [1.29, 1.82) is 0 Å². The molecule has 2 aromatic carbocycles. The van der Waals surface area contributed by atoms with E-state index in [1.807, 2.05) is 30.3 Å². The predicted octanol–water partition coefficient (Wildman–Crippen LogP) is 2.72. The summed E-state index contributed by atoms with van der Waals surface area (Å²) in [5.41, 5.74) is 1.62. The average Bonchev–Trinajstić information content (AvgIpc) is 2.84. The molecule has 9 heteroatoms. The first-order valence-electron chi connectivity index (χ1n) is 12.0. The number of carbonyl (C=O) groups excluding carboxylic acids is 2. The van der Waals surface area contributed by atoms with E-state index in [0.717, 1.165) is 12.0 Å². The van der Waals surface area contributed by atoms with Crippen LogP contribution in [0.15, 0.2) is 54.6 Å². The first-order chi connectivity index (χ1) is 17.0.